The van der Waals surface area contributed by atoms with Crippen LogP contribution in [-0.4, -0.2) is 34.7 Å². The Kier molecular flexibility index (Phi) is 4.29. The number of anilines is 2. The van der Waals surface area contributed by atoms with Gasteiger partial charge in [0.1, 0.15) is 0 Å². The monoisotopic (exact) mass is 478 g/mol. The second-order valence-corrected chi connectivity index (χ2v) is 9.69. The van der Waals surface area contributed by atoms with E-state index in [0.29, 0.717) is 23.5 Å². The predicted molar refractivity (Wildman–Crippen MR) is 130 cm³/mol. The Morgan fingerprint density at radius 3 is 2.22 bits per heavy atom. The zero-order valence-electron chi connectivity index (χ0n) is 19.2. The molecule has 3 saturated heterocycles. The van der Waals surface area contributed by atoms with Gasteiger partial charge in [0.25, 0.3) is 5.91 Å². The van der Waals surface area contributed by atoms with Crippen molar-refractivity contribution < 1.29 is 19.2 Å². The third-order valence-corrected chi connectivity index (χ3v) is 7.94. The molecule has 0 radical (unpaired) electrons. The Morgan fingerprint density at radius 1 is 0.806 bits per heavy atom. The molecule has 8 nitrogen and oxygen atoms in total. The Hall–Kier alpha value is -4.30. The van der Waals surface area contributed by atoms with E-state index in [-0.39, 0.29) is 24.1 Å². The molecule has 178 valence electrons. The second-order valence-electron chi connectivity index (χ2n) is 9.69. The summed E-state index contributed by atoms with van der Waals surface area (Å²) in [5.74, 6) is -3.11. The molecular formula is C28H22N4O4. The average Bonchev–Trinajstić information content (AvgIpc) is 3.56. The van der Waals surface area contributed by atoms with Gasteiger partial charge in [-0.15, -0.1) is 0 Å². The fourth-order valence-electron chi connectivity index (χ4n) is 6.60. The Bertz CT molecular complexity index is 1440. The number of hydrazine groups is 1. The second kappa shape index (κ2) is 7.35. The Balaban J connectivity index is 1.42. The molecule has 4 heterocycles. The van der Waals surface area contributed by atoms with E-state index < -0.39 is 29.3 Å². The molecule has 3 aromatic carbocycles. The molecule has 4 atom stereocenters. The normalized spacial score (nSPS) is 28.6. The number of rotatable bonds is 3. The van der Waals surface area contributed by atoms with Crippen molar-refractivity contribution in [2.24, 2.45) is 11.8 Å². The molecule has 0 aliphatic carbocycles. The smallest absolute Gasteiger partial charge is 0.255 e. The van der Waals surface area contributed by atoms with Crippen LogP contribution in [0.5, 0.6) is 0 Å². The van der Waals surface area contributed by atoms with Gasteiger partial charge in [0, 0.05) is 17.7 Å². The lowest BCUT2D eigenvalue weighted by Gasteiger charge is -2.36. The molecule has 0 aromatic heterocycles. The molecule has 8 heteroatoms. The Morgan fingerprint density at radius 2 is 1.47 bits per heavy atom. The van der Waals surface area contributed by atoms with Crippen LogP contribution < -0.4 is 15.2 Å². The van der Waals surface area contributed by atoms with Gasteiger partial charge in [-0.3, -0.25) is 24.6 Å². The fourth-order valence-corrected chi connectivity index (χ4v) is 6.60. The number of hydrogen-bond acceptors (Lipinski definition) is 5. The van der Waals surface area contributed by atoms with Crippen LogP contribution in [0.1, 0.15) is 17.5 Å². The van der Waals surface area contributed by atoms with Gasteiger partial charge in [-0.05, 0) is 23.8 Å². The van der Waals surface area contributed by atoms with Crippen LogP contribution in [0.3, 0.4) is 0 Å². The first kappa shape index (κ1) is 21.0. The quantitative estimate of drug-likeness (QED) is 0.584. The highest BCUT2D eigenvalue weighted by Gasteiger charge is 2.77. The van der Waals surface area contributed by atoms with Crippen LogP contribution in [0, 0.1) is 11.8 Å². The van der Waals surface area contributed by atoms with E-state index >= 15 is 0 Å². The molecule has 36 heavy (non-hydrogen) atoms. The Labute approximate surface area is 207 Å². The van der Waals surface area contributed by atoms with Gasteiger partial charge in [0.05, 0.1) is 30.1 Å². The van der Waals surface area contributed by atoms with Crippen LogP contribution in [0.15, 0.2) is 84.9 Å². The third kappa shape index (κ3) is 2.51. The lowest BCUT2D eigenvalue weighted by molar-refractivity contribution is -0.140. The minimum absolute atomic E-state index is 0.0543. The van der Waals surface area contributed by atoms with Crippen molar-refractivity contribution in [1.29, 1.82) is 0 Å². The maximum Gasteiger partial charge on any atom is 0.255 e. The number of fused-ring (bicyclic) bond motifs is 7. The number of hydrogen-bond donors (Lipinski definition) is 1. The van der Waals surface area contributed by atoms with Crippen LogP contribution in [-0.2, 0) is 31.3 Å². The fraction of sp³-hybridized carbons (Fsp3) is 0.214. The SMILES string of the molecule is O=C1CC2C3C(=O)N(c4ccccc4)C(=O)C3[C@@]3(C(=O)N(Cc4ccccc4)c4ccccc43)N2N1. The molecule has 0 bridgehead atoms. The summed E-state index contributed by atoms with van der Waals surface area (Å²) in [6, 6.07) is 25.2. The predicted octanol–water partition coefficient (Wildman–Crippen LogP) is 2.35. The van der Waals surface area contributed by atoms with Crippen LogP contribution in [0.4, 0.5) is 11.4 Å². The molecule has 3 unspecified atom stereocenters. The summed E-state index contributed by atoms with van der Waals surface area (Å²) < 4.78 is 0. The van der Waals surface area contributed by atoms with Gasteiger partial charge in [0.2, 0.25) is 17.7 Å². The molecular weight excluding hydrogens is 456 g/mol. The van der Waals surface area contributed by atoms with Gasteiger partial charge < -0.3 is 4.90 Å². The maximum atomic E-state index is 14.5. The maximum absolute atomic E-state index is 14.5. The highest BCUT2D eigenvalue weighted by atomic mass is 16.2. The first-order valence-corrected chi connectivity index (χ1v) is 12.0. The zero-order valence-corrected chi connectivity index (χ0v) is 19.2. The summed E-state index contributed by atoms with van der Waals surface area (Å²) in [6.45, 7) is 0.312. The van der Waals surface area contributed by atoms with Crippen molar-refractivity contribution in [2.75, 3.05) is 9.80 Å². The molecule has 0 saturated carbocycles. The van der Waals surface area contributed by atoms with E-state index in [1.54, 1.807) is 34.2 Å². The molecule has 1 N–H and O–H groups in total. The minimum Gasteiger partial charge on any atom is -0.306 e. The van der Waals surface area contributed by atoms with E-state index in [1.165, 1.54) is 4.90 Å². The van der Waals surface area contributed by atoms with E-state index in [9.17, 15) is 19.2 Å². The van der Waals surface area contributed by atoms with E-state index in [0.717, 1.165) is 5.56 Å². The van der Waals surface area contributed by atoms with Crippen molar-refractivity contribution >= 4 is 35.0 Å². The summed E-state index contributed by atoms with van der Waals surface area (Å²) in [5.41, 5.74) is 4.09. The highest BCUT2D eigenvalue weighted by molar-refractivity contribution is 6.26. The lowest BCUT2D eigenvalue weighted by atomic mass is 9.76. The van der Waals surface area contributed by atoms with Gasteiger partial charge in [-0.1, -0.05) is 66.7 Å². The number of carbonyl (C=O) groups is 4. The van der Waals surface area contributed by atoms with Gasteiger partial charge >= 0.3 is 0 Å². The topological polar surface area (TPSA) is 90.0 Å². The van der Waals surface area contributed by atoms with Gasteiger partial charge in [-0.2, -0.15) is 5.01 Å². The zero-order chi connectivity index (χ0) is 24.6. The first-order chi connectivity index (χ1) is 17.5. The highest BCUT2D eigenvalue weighted by Crippen LogP contribution is 2.60. The van der Waals surface area contributed by atoms with Crippen molar-refractivity contribution in [3.63, 3.8) is 0 Å². The molecule has 4 amide bonds. The average molecular weight is 479 g/mol. The largest absolute Gasteiger partial charge is 0.306 e. The summed E-state index contributed by atoms with van der Waals surface area (Å²) in [4.78, 5) is 57.9. The summed E-state index contributed by atoms with van der Waals surface area (Å²) >= 11 is 0. The molecule has 3 aromatic rings. The van der Waals surface area contributed by atoms with Crippen molar-refractivity contribution in [2.45, 2.75) is 24.5 Å². The third-order valence-electron chi connectivity index (χ3n) is 7.94. The standard InChI is InChI=1S/C28H22N4O4/c33-22-15-21-23-24(26(35)31(25(23)34)18-11-5-2-6-12-18)28(32(21)29-22)19-13-7-8-14-20(19)30(27(28)36)16-17-9-3-1-4-10-17/h1-14,21,23-24H,15-16H2,(H,29,33)/t21?,23?,24?,28-/m0/s1. The minimum atomic E-state index is -1.50. The van der Waals surface area contributed by atoms with Crippen LogP contribution in [0.2, 0.25) is 0 Å². The summed E-state index contributed by atoms with van der Waals surface area (Å²) in [6.07, 6.45) is 0.0543. The molecule has 4 aliphatic heterocycles. The van der Waals surface area contributed by atoms with E-state index in [2.05, 4.69) is 5.43 Å². The number of carbonyl (C=O) groups excluding carboxylic acids is 4. The molecule has 7 rings (SSSR count). The van der Waals surface area contributed by atoms with Gasteiger partial charge in [-0.25, -0.2) is 4.90 Å². The number of nitrogens with one attached hydrogen (secondary N) is 1. The van der Waals surface area contributed by atoms with Crippen molar-refractivity contribution in [1.82, 2.24) is 10.4 Å². The molecule has 4 aliphatic rings. The van der Waals surface area contributed by atoms with E-state index in [4.69, 9.17) is 0 Å². The van der Waals surface area contributed by atoms with Crippen LogP contribution >= 0.6 is 0 Å². The van der Waals surface area contributed by atoms with Crippen molar-refractivity contribution in [3.05, 3.63) is 96.1 Å². The van der Waals surface area contributed by atoms with E-state index in [1.807, 2.05) is 60.7 Å². The van der Waals surface area contributed by atoms with Gasteiger partial charge in [0.15, 0.2) is 5.54 Å². The summed E-state index contributed by atoms with van der Waals surface area (Å²) in [7, 11) is 0. The number of nitrogens with zero attached hydrogens (tertiary/aromatic N) is 3. The molecule has 3 fully saturated rings. The van der Waals surface area contributed by atoms with Crippen LogP contribution in [0.25, 0.3) is 0 Å². The number of imide groups is 1. The first-order valence-electron chi connectivity index (χ1n) is 12.0. The molecule has 1 spiro atoms. The number of benzene rings is 3. The number of amides is 4. The van der Waals surface area contributed by atoms with Crippen molar-refractivity contribution in [3.8, 4) is 0 Å². The summed E-state index contributed by atoms with van der Waals surface area (Å²) in [5, 5.41) is 1.62. The number of para-hydroxylation sites is 2. The lowest BCUT2D eigenvalue weighted by Crippen LogP contribution is -2.59.